The number of nitrogens with one attached hydrogen (secondary N) is 1. The zero-order valence-corrected chi connectivity index (χ0v) is 11.0. The highest BCUT2D eigenvalue weighted by Crippen LogP contribution is 2.12. The molecule has 0 bridgehead atoms. The molecule has 0 radical (unpaired) electrons. The summed E-state index contributed by atoms with van der Waals surface area (Å²) in [6, 6.07) is 9.44. The minimum Gasteiger partial charge on any atom is -0.386 e. The third kappa shape index (κ3) is 6.74. The molecule has 1 aromatic carbocycles. The third-order valence-corrected chi connectivity index (χ3v) is 2.66. The molecule has 0 aromatic heterocycles. The Balaban J connectivity index is 2.02. The van der Waals surface area contributed by atoms with Crippen LogP contribution < -0.4 is 5.32 Å². The summed E-state index contributed by atoms with van der Waals surface area (Å²) in [4.78, 5) is 10.9. The molecule has 0 aliphatic carbocycles. The second kappa shape index (κ2) is 9.30. The van der Waals surface area contributed by atoms with Crippen LogP contribution in [0.15, 0.2) is 43.0 Å². The van der Waals surface area contributed by atoms with E-state index in [2.05, 4.69) is 11.9 Å². The van der Waals surface area contributed by atoms with E-state index in [4.69, 9.17) is 4.74 Å². The first-order valence-corrected chi connectivity index (χ1v) is 6.45. The number of aliphatic hydroxyl groups excluding tert-OH is 1. The Morgan fingerprint density at radius 2 is 2.11 bits per heavy atom. The molecule has 2 N–H and O–H groups in total. The molecular formula is C15H21NO3. The average molecular weight is 263 g/mol. The summed E-state index contributed by atoms with van der Waals surface area (Å²) in [5.41, 5.74) is 0.862. The summed E-state index contributed by atoms with van der Waals surface area (Å²) < 4.78 is 5.40. The number of hydrogen-bond acceptors (Lipinski definition) is 3. The van der Waals surface area contributed by atoms with Crippen LogP contribution in [-0.2, 0) is 9.53 Å². The Labute approximate surface area is 114 Å². The molecule has 0 saturated heterocycles. The van der Waals surface area contributed by atoms with Crippen LogP contribution in [0.5, 0.6) is 0 Å². The van der Waals surface area contributed by atoms with Crippen LogP contribution >= 0.6 is 0 Å². The number of carbonyl (C=O) groups is 1. The van der Waals surface area contributed by atoms with Crippen molar-refractivity contribution in [3.05, 3.63) is 48.6 Å². The lowest BCUT2D eigenvalue weighted by molar-refractivity contribution is -0.116. The van der Waals surface area contributed by atoms with Gasteiger partial charge in [-0.1, -0.05) is 36.9 Å². The summed E-state index contributed by atoms with van der Waals surface area (Å²) in [6.07, 6.45) is 2.37. The molecule has 1 unspecified atom stereocenters. The Morgan fingerprint density at radius 1 is 1.37 bits per heavy atom. The van der Waals surface area contributed by atoms with E-state index in [0.717, 1.165) is 18.4 Å². The SMILES string of the molecule is C=CC(=O)NCCCCOCC(O)c1ccccc1. The molecule has 0 aliphatic rings. The van der Waals surface area contributed by atoms with Crippen molar-refractivity contribution in [1.82, 2.24) is 5.32 Å². The minimum atomic E-state index is -0.582. The molecule has 1 atom stereocenters. The van der Waals surface area contributed by atoms with Gasteiger partial charge in [-0.2, -0.15) is 0 Å². The molecule has 0 heterocycles. The monoisotopic (exact) mass is 263 g/mol. The van der Waals surface area contributed by atoms with Crippen molar-refractivity contribution in [1.29, 1.82) is 0 Å². The van der Waals surface area contributed by atoms with Gasteiger partial charge in [0.2, 0.25) is 5.91 Å². The fraction of sp³-hybridized carbons (Fsp3) is 0.400. The van der Waals surface area contributed by atoms with Crippen LogP contribution in [0.2, 0.25) is 0 Å². The van der Waals surface area contributed by atoms with Gasteiger partial charge in [0.1, 0.15) is 6.10 Å². The number of amides is 1. The standard InChI is InChI=1S/C15H21NO3/c1-2-15(18)16-10-6-7-11-19-12-14(17)13-8-4-3-5-9-13/h2-5,8-9,14,17H,1,6-7,10-12H2,(H,16,18). The number of rotatable bonds is 9. The summed E-state index contributed by atoms with van der Waals surface area (Å²) in [5.74, 6) is -0.152. The quantitative estimate of drug-likeness (QED) is 0.528. The number of unbranched alkanes of at least 4 members (excludes halogenated alkanes) is 1. The molecule has 4 heteroatoms. The van der Waals surface area contributed by atoms with E-state index < -0.39 is 6.10 Å². The Kier molecular flexibility index (Phi) is 7.54. The zero-order valence-electron chi connectivity index (χ0n) is 11.0. The first-order valence-electron chi connectivity index (χ1n) is 6.45. The third-order valence-electron chi connectivity index (χ3n) is 2.66. The van der Waals surface area contributed by atoms with Crippen LogP contribution in [0.25, 0.3) is 0 Å². The fourth-order valence-corrected chi connectivity index (χ4v) is 1.58. The van der Waals surface area contributed by atoms with Crippen molar-refractivity contribution in [3.8, 4) is 0 Å². The van der Waals surface area contributed by atoms with Crippen LogP contribution in [-0.4, -0.2) is 30.8 Å². The summed E-state index contributed by atoms with van der Waals surface area (Å²) in [5, 5.41) is 12.5. The van der Waals surface area contributed by atoms with E-state index in [9.17, 15) is 9.90 Å². The average Bonchev–Trinajstić information content (AvgIpc) is 2.46. The van der Waals surface area contributed by atoms with Crippen molar-refractivity contribution < 1.29 is 14.6 Å². The Morgan fingerprint density at radius 3 is 2.79 bits per heavy atom. The van der Waals surface area contributed by atoms with Gasteiger partial charge in [-0.05, 0) is 24.5 Å². The van der Waals surface area contributed by atoms with E-state index >= 15 is 0 Å². The second-order valence-corrected chi connectivity index (χ2v) is 4.20. The topological polar surface area (TPSA) is 58.6 Å². The first kappa shape index (κ1) is 15.4. The van der Waals surface area contributed by atoms with Gasteiger partial charge in [0, 0.05) is 13.2 Å². The lowest BCUT2D eigenvalue weighted by atomic mass is 10.1. The Bertz CT molecular complexity index is 378. The first-order chi connectivity index (χ1) is 9.24. The molecule has 0 spiro atoms. The Hall–Kier alpha value is -1.65. The lowest BCUT2D eigenvalue weighted by Gasteiger charge is -2.11. The molecular weight excluding hydrogens is 242 g/mol. The number of carbonyl (C=O) groups excluding carboxylic acids is 1. The van der Waals surface area contributed by atoms with Gasteiger partial charge in [0.05, 0.1) is 6.61 Å². The fourth-order valence-electron chi connectivity index (χ4n) is 1.58. The van der Waals surface area contributed by atoms with Gasteiger partial charge in [0.25, 0.3) is 0 Å². The minimum absolute atomic E-state index is 0.152. The van der Waals surface area contributed by atoms with E-state index in [1.807, 2.05) is 30.3 Å². The van der Waals surface area contributed by atoms with Crippen LogP contribution in [0, 0.1) is 0 Å². The molecule has 0 fully saturated rings. The molecule has 0 aliphatic heterocycles. The van der Waals surface area contributed by atoms with Gasteiger partial charge in [-0.15, -0.1) is 0 Å². The number of hydrogen-bond donors (Lipinski definition) is 2. The maximum atomic E-state index is 10.9. The van der Waals surface area contributed by atoms with Gasteiger partial charge in [-0.3, -0.25) is 4.79 Å². The predicted molar refractivity (Wildman–Crippen MR) is 74.7 cm³/mol. The van der Waals surface area contributed by atoms with E-state index in [-0.39, 0.29) is 5.91 Å². The van der Waals surface area contributed by atoms with Crippen molar-refractivity contribution in [2.24, 2.45) is 0 Å². The number of ether oxygens (including phenoxy) is 1. The van der Waals surface area contributed by atoms with Gasteiger partial charge >= 0.3 is 0 Å². The maximum absolute atomic E-state index is 10.9. The van der Waals surface area contributed by atoms with Gasteiger partial charge in [0.15, 0.2) is 0 Å². The van der Waals surface area contributed by atoms with E-state index in [1.54, 1.807) is 0 Å². The summed E-state index contributed by atoms with van der Waals surface area (Å²) in [6.45, 7) is 4.87. The molecule has 1 amide bonds. The van der Waals surface area contributed by atoms with Gasteiger partial charge in [-0.25, -0.2) is 0 Å². The van der Waals surface area contributed by atoms with E-state index in [1.165, 1.54) is 6.08 Å². The second-order valence-electron chi connectivity index (χ2n) is 4.20. The summed E-state index contributed by atoms with van der Waals surface area (Å²) in [7, 11) is 0. The molecule has 1 rings (SSSR count). The number of aliphatic hydroxyl groups is 1. The van der Waals surface area contributed by atoms with Crippen molar-refractivity contribution in [2.75, 3.05) is 19.8 Å². The normalized spacial score (nSPS) is 11.8. The van der Waals surface area contributed by atoms with Crippen LogP contribution in [0.1, 0.15) is 24.5 Å². The highest BCUT2D eigenvalue weighted by molar-refractivity contribution is 5.86. The molecule has 1 aromatic rings. The molecule has 4 nitrogen and oxygen atoms in total. The largest absolute Gasteiger partial charge is 0.386 e. The summed E-state index contributed by atoms with van der Waals surface area (Å²) >= 11 is 0. The zero-order chi connectivity index (χ0) is 13.9. The highest BCUT2D eigenvalue weighted by Gasteiger charge is 2.06. The lowest BCUT2D eigenvalue weighted by Crippen LogP contribution is -2.22. The highest BCUT2D eigenvalue weighted by atomic mass is 16.5. The van der Waals surface area contributed by atoms with Crippen molar-refractivity contribution >= 4 is 5.91 Å². The molecule has 19 heavy (non-hydrogen) atoms. The maximum Gasteiger partial charge on any atom is 0.243 e. The van der Waals surface area contributed by atoms with Crippen LogP contribution in [0.4, 0.5) is 0 Å². The smallest absolute Gasteiger partial charge is 0.243 e. The van der Waals surface area contributed by atoms with Gasteiger partial charge < -0.3 is 15.2 Å². The molecule has 0 saturated carbocycles. The van der Waals surface area contributed by atoms with E-state index in [0.29, 0.717) is 19.8 Å². The predicted octanol–water partition coefficient (Wildman–Crippen LogP) is 1.82. The van der Waals surface area contributed by atoms with Crippen molar-refractivity contribution in [2.45, 2.75) is 18.9 Å². The van der Waals surface area contributed by atoms with Crippen LogP contribution in [0.3, 0.4) is 0 Å². The number of benzene rings is 1. The molecule has 104 valence electrons. The van der Waals surface area contributed by atoms with Crippen molar-refractivity contribution in [3.63, 3.8) is 0 Å².